The molecule has 1 unspecified atom stereocenters. The number of carbonyl (C=O) groups excluding carboxylic acids is 1. The van der Waals surface area contributed by atoms with Gasteiger partial charge < -0.3 is 4.74 Å². The van der Waals surface area contributed by atoms with Crippen molar-refractivity contribution in [2.75, 3.05) is 12.9 Å². The van der Waals surface area contributed by atoms with E-state index in [-0.39, 0.29) is 17.3 Å². The summed E-state index contributed by atoms with van der Waals surface area (Å²) in [6, 6.07) is 0. The van der Waals surface area contributed by atoms with Crippen molar-refractivity contribution < 1.29 is 9.53 Å². The first kappa shape index (κ1) is 18.5. The van der Waals surface area contributed by atoms with Gasteiger partial charge in [-0.1, -0.05) is 32.5 Å². The summed E-state index contributed by atoms with van der Waals surface area (Å²) in [7, 11) is 1.37. The zero-order chi connectivity index (χ0) is 18.1. The Morgan fingerprint density at radius 2 is 2.24 bits per heavy atom. The van der Waals surface area contributed by atoms with Crippen LogP contribution >= 0.6 is 23.1 Å². The Morgan fingerprint density at radius 1 is 1.48 bits per heavy atom. The second kappa shape index (κ2) is 7.50. The molecule has 0 spiro atoms. The molecule has 1 atom stereocenters. The van der Waals surface area contributed by atoms with E-state index in [4.69, 9.17) is 9.72 Å². The zero-order valence-electron chi connectivity index (χ0n) is 15.1. The van der Waals surface area contributed by atoms with Crippen LogP contribution in [0, 0.1) is 11.8 Å². The van der Waals surface area contributed by atoms with Gasteiger partial charge in [0, 0.05) is 11.4 Å². The first-order valence-corrected chi connectivity index (χ1v) is 10.5. The SMILES string of the molecule is COC(=O)CSc1nc2sc3c(c2c(=O)n1CC(C)C)CCC(C)C3. The standard InChI is InChI=1S/C18H24N2O3S2/c1-10(2)8-20-17(22)15-12-6-5-11(3)7-13(12)25-16(15)19-18(20)24-9-14(21)23-4/h10-11H,5-9H2,1-4H3. The summed E-state index contributed by atoms with van der Waals surface area (Å²) < 4.78 is 6.46. The fraction of sp³-hybridized carbons (Fsp3) is 0.611. The molecule has 2 aromatic rings. The smallest absolute Gasteiger partial charge is 0.316 e. The molecule has 5 nitrogen and oxygen atoms in total. The molecule has 1 aliphatic carbocycles. The van der Waals surface area contributed by atoms with Crippen molar-refractivity contribution in [1.82, 2.24) is 9.55 Å². The Morgan fingerprint density at radius 3 is 2.92 bits per heavy atom. The summed E-state index contributed by atoms with van der Waals surface area (Å²) in [6.45, 7) is 7.02. The van der Waals surface area contributed by atoms with Crippen molar-refractivity contribution in [3.8, 4) is 0 Å². The zero-order valence-corrected chi connectivity index (χ0v) is 16.8. The Kier molecular flexibility index (Phi) is 5.53. The largest absolute Gasteiger partial charge is 0.468 e. The number of hydrogen-bond donors (Lipinski definition) is 0. The Labute approximate surface area is 155 Å². The summed E-state index contributed by atoms with van der Waals surface area (Å²) in [4.78, 5) is 31.6. The number of thiophene rings is 1. The highest BCUT2D eigenvalue weighted by Gasteiger charge is 2.25. The summed E-state index contributed by atoms with van der Waals surface area (Å²) >= 11 is 2.93. The predicted molar refractivity (Wildman–Crippen MR) is 103 cm³/mol. The molecule has 0 aliphatic heterocycles. The van der Waals surface area contributed by atoms with Gasteiger partial charge in [-0.25, -0.2) is 4.98 Å². The molecule has 0 amide bonds. The van der Waals surface area contributed by atoms with Gasteiger partial charge in [0.1, 0.15) is 4.83 Å². The van der Waals surface area contributed by atoms with E-state index in [1.54, 1.807) is 15.9 Å². The van der Waals surface area contributed by atoms with Crippen molar-refractivity contribution in [3.05, 3.63) is 20.8 Å². The van der Waals surface area contributed by atoms with Crippen LogP contribution in [0.4, 0.5) is 0 Å². The minimum atomic E-state index is -0.310. The molecule has 0 saturated carbocycles. The fourth-order valence-corrected chi connectivity index (χ4v) is 5.49. The van der Waals surface area contributed by atoms with Gasteiger partial charge in [-0.3, -0.25) is 14.2 Å². The van der Waals surface area contributed by atoms with Crippen molar-refractivity contribution >= 4 is 39.3 Å². The average molecular weight is 381 g/mol. The number of aromatic nitrogens is 2. The molecule has 136 valence electrons. The Hall–Kier alpha value is -1.34. The van der Waals surface area contributed by atoms with Crippen LogP contribution < -0.4 is 5.56 Å². The number of esters is 1. The second-order valence-electron chi connectivity index (χ2n) is 7.10. The Balaban J connectivity index is 2.11. The number of carbonyl (C=O) groups is 1. The first-order chi connectivity index (χ1) is 11.9. The quantitative estimate of drug-likeness (QED) is 0.451. The summed E-state index contributed by atoms with van der Waals surface area (Å²) in [5.74, 6) is 0.833. The molecule has 0 radical (unpaired) electrons. The molecule has 0 N–H and O–H groups in total. The minimum Gasteiger partial charge on any atom is -0.468 e. The number of nitrogens with zero attached hydrogens (tertiary/aromatic N) is 2. The van der Waals surface area contributed by atoms with Crippen LogP contribution in [0.1, 0.15) is 37.6 Å². The fourth-order valence-electron chi connectivity index (χ4n) is 3.22. The Bertz CT molecular complexity index is 854. The molecule has 0 fully saturated rings. The van der Waals surface area contributed by atoms with E-state index in [9.17, 15) is 9.59 Å². The van der Waals surface area contributed by atoms with Gasteiger partial charge in [0.15, 0.2) is 5.16 Å². The predicted octanol–water partition coefficient (Wildman–Crippen LogP) is 3.50. The molecule has 2 heterocycles. The molecular weight excluding hydrogens is 356 g/mol. The topological polar surface area (TPSA) is 61.2 Å². The molecule has 0 aromatic carbocycles. The van der Waals surface area contributed by atoms with Crippen molar-refractivity contribution in [2.45, 2.75) is 51.7 Å². The lowest BCUT2D eigenvalue weighted by Crippen LogP contribution is -2.26. The number of methoxy groups -OCH3 is 1. The highest BCUT2D eigenvalue weighted by molar-refractivity contribution is 7.99. The minimum absolute atomic E-state index is 0.0399. The van der Waals surface area contributed by atoms with Crippen molar-refractivity contribution in [2.24, 2.45) is 11.8 Å². The maximum absolute atomic E-state index is 13.2. The number of hydrogen-bond acceptors (Lipinski definition) is 6. The molecule has 7 heteroatoms. The lowest BCUT2D eigenvalue weighted by Gasteiger charge is -2.18. The van der Waals surface area contributed by atoms with E-state index >= 15 is 0 Å². The molecule has 0 bridgehead atoms. The third kappa shape index (κ3) is 3.77. The number of thioether (sulfide) groups is 1. The van der Waals surface area contributed by atoms with Gasteiger partial charge in [-0.05, 0) is 36.7 Å². The van der Waals surface area contributed by atoms with E-state index in [0.29, 0.717) is 23.5 Å². The van der Waals surface area contributed by atoms with Gasteiger partial charge in [-0.15, -0.1) is 11.3 Å². The van der Waals surface area contributed by atoms with Crippen molar-refractivity contribution in [1.29, 1.82) is 0 Å². The third-order valence-corrected chi connectivity index (χ3v) is 6.57. The van der Waals surface area contributed by atoms with Gasteiger partial charge in [0.25, 0.3) is 5.56 Å². The highest BCUT2D eigenvalue weighted by atomic mass is 32.2. The van der Waals surface area contributed by atoms with Crippen LogP contribution in [-0.2, 0) is 28.9 Å². The van der Waals surface area contributed by atoms with E-state index < -0.39 is 0 Å². The van der Waals surface area contributed by atoms with Crippen LogP contribution in [0.15, 0.2) is 9.95 Å². The lowest BCUT2D eigenvalue weighted by molar-refractivity contribution is -0.137. The monoisotopic (exact) mass is 380 g/mol. The van der Waals surface area contributed by atoms with Crippen LogP contribution in [0.25, 0.3) is 10.2 Å². The number of fused-ring (bicyclic) bond motifs is 3. The van der Waals surface area contributed by atoms with Crippen LogP contribution in [0.5, 0.6) is 0 Å². The molecule has 3 rings (SSSR count). The van der Waals surface area contributed by atoms with E-state index in [0.717, 1.165) is 29.5 Å². The molecule has 1 aliphatic rings. The maximum Gasteiger partial charge on any atom is 0.316 e. The van der Waals surface area contributed by atoms with E-state index in [1.165, 1.54) is 29.3 Å². The molecule has 25 heavy (non-hydrogen) atoms. The lowest BCUT2D eigenvalue weighted by atomic mass is 9.89. The van der Waals surface area contributed by atoms with Gasteiger partial charge >= 0.3 is 5.97 Å². The normalized spacial score (nSPS) is 17.1. The first-order valence-electron chi connectivity index (χ1n) is 8.65. The number of aryl methyl sites for hydroxylation is 1. The van der Waals surface area contributed by atoms with Gasteiger partial charge in [0.2, 0.25) is 0 Å². The van der Waals surface area contributed by atoms with Gasteiger partial charge in [-0.2, -0.15) is 0 Å². The van der Waals surface area contributed by atoms with E-state index in [1.807, 2.05) is 0 Å². The molecule has 0 saturated heterocycles. The number of ether oxygens (including phenoxy) is 1. The summed E-state index contributed by atoms with van der Waals surface area (Å²) in [6.07, 6.45) is 3.12. The number of rotatable bonds is 5. The highest BCUT2D eigenvalue weighted by Crippen LogP contribution is 2.36. The summed E-state index contributed by atoms with van der Waals surface area (Å²) in [5.41, 5.74) is 1.25. The summed E-state index contributed by atoms with van der Waals surface area (Å²) in [5, 5.41) is 1.42. The van der Waals surface area contributed by atoms with Gasteiger partial charge in [0.05, 0.1) is 18.2 Å². The average Bonchev–Trinajstić information content (AvgIpc) is 2.92. The van der Waals surface area contributed by atoms with Crippen LogP contribution in [-0.4, -0.2) is 28.4 Å². The van der Waals surface area contributed by atoms with Crippen molar-refractivity contribution in [3.63, 3.8) is 0 Å². The third-order valence-electron chi connectivity index (χ3n) is 4.47. The molecule has 2 aromatic heterocycles. The second-order valence-corrected chi connectivity index (χ2v) is 9.13. The molecular formula is C18H24N2O3S2. The van der Waals surface area contributed by atoms with Crippen LogP contribution in [0.3, 0.4) is 0 Å². The maximum atomic E-state index is 13.2. The van der Waals surface area contributed by atoms with Crippen LogP contribution in [0.2, 0.25) is 0 Å². The van der Waals surface area contributed by atoms with E-state index in [2.05, 4.69) is 20.8 Å².